The van der Waals surface area contributed by atoms with Gasteiger partial charge in [-0.2, -0.15) is 0 Å². The SMILES string of the molecule is CNC(=O)C(NC(=O)C(CC(=O)O)c1ccn(-c2ccc(F)cc2)c1)C(C)(C)C. The Morgan fingerprint density at radius 2 is 1.72 bits per heavy atom. The summed E-state index contributed by atoms with van der Waals surface area (Å²) >= 11 is 0. The van der Waals surface area contributed by atoms with E-state index in [1.165, 1.54) is 19.2 Å². The molecule has 2 aromatic rings. The molecule has 0 spiro atoms. The first kappa shape index (κ1) is 22.1. The number of carbonyl (C=O) groups is 3. The van der Waals surface area contributed by atoms with Gasteiger partial charge in [-0.1, -0.05) is 20.8 Å². The summed E-state index contributed by atoms with van der Waals surface area (Å²) in [6.07, 6.45) is 2.88. The van der Waals surface area contributed by atoms with Crippen LogP contribution in [0.3, 0.4) is 0 Å². The highest BCUT2D eigenvalue weighted by molar-refractivity contribution is 5.92. The Kier molecular flexibility index (Phi) is 6.79. The predicted octanol–water partition coefficient (Wildman–Crippen LogP) is 2.45. The van der Waals surface area contributed by atoms with Crippen molar-refractivity contribution in [2.45, 2.75) is 39.2 Å². The molecule has 1 heterocycles. The monoisotopic (exact) mass is 403 g/mol. The van der Waals surface area contributed by atoms with Crippen molar-refractivity contribution in [2.75, 3.05) is 7.05 Å². The van der Waals surface area contributed by atoms with Crippen LogP contribution >= 0.6 is 0 Å². The number of nitrogens with zero attached hydrogens (tertiary/aromatic N) is 1. The molecular weight excluding hydrogens is 377 g/mol. The lowest BCUT2D eigenvalue weighted by atomic mass is 9.85. The molecule has 0 saturated heterocycles. The van der Waals surface area contributed by atoms with Gasteiger partial charge in [-0.05, 0) is 41.3 Å². The van der Waals surface area contributed by atoms with Gasteiger partial charge in [0.2, 0.25) is 11.8 Å². The number of rotatable bonds is 7. The van der Waals surface area contributed by atoms with Crippen molar-refractivity contribution in [3.05, 3.63) is 54.1 Å². The first-order chi connectivity index (χ1) is 13.5. The maximum Gasteiger partial charge on any atom is 0.304 e. The zero-order valence-corrected chi connectivity index (χ0v) is 16.9. The summed E-state index contributed by atoms with van der Waals surface area (Å²) in [5.41, 5.74) is 0.590. The Morgan fingerprint density at radius 1 is 1.10 bits per heavy atom. The van der Waals surface area contributed by atoms with E-state index in [9.17, 15) is 23.9 Å². The van der Waals surface area contributed by atoms with Crippen LogP contribution in [0.25, 0.3) is 5.69 Å². The maximum atomic E-state index is 13.1. The number of likely N-dealkylation sites (N-methyl/N-ethyl adjacent to an activating group) is 1. The van der Waals surface area contributed by atoms with Crippen LogP contribution in [-0.4, -0.2) is 40.5 Å². The fourth-order valence-corrected chi connectivity index (χ4v) is 2.99. The Balaban J connectivity index is 2.31. The number of carboxylic acid groups (broad SMARTS) is 1. The number of carbonyl (C=O) groups excluding carboxylic acids is 2. The Morgan fingerprint density at radius 3 is 2.24 bits per heavy atom. The topological polar surface area (TPSA) is 100 Å². The van der Waals surface area contributed by atoms with Crippen LogP contribution in [0.4, 0.5) is 4.39 Å². The largest absolute Gasteiger partial charge is 0.481 e. The maximum absolute atomic E-state index is 13.1. The number of hydrogen-bond donors (Lipinski definition) is 3. The molecule has 3 N–H and O–H groups in total. The number of halogens is 1. The van der Waals surface area contributed by atoms with Crippen molar-refractivity contribution in [1.82, 2.24) is 15.2 Å². The smallest absolute Gasteiger partial charge is 0.304 e. The molecule has 29 heavy (non-hydrogen) atoms. The summed E-state index contributed by atoms with van der Waals surface area (Å²) in [7, 11) is 1.48. The van der Waals surface area contributed by atoms with E-state index in [4.69, 9.17) is 0 Å². The van der Waals surface area contributed by atoms with E-state index in [0.29, 0.717) is 11.3 Å². The van der Waals surface area contributed by atoms with Crippen molar-refractivity contribution in [2.24, 2.45) is 5.41 Å². The molecule has 2 amide bonds. The van der Waals surface area contributed by atoms with Gasteiger partial charge in [-0.25, -0.2) is 4.39 Å². The van der Waals surface area contributed by atoms with Gasteiger partial charge in [-0.15, -0.1) is 0 Å². The molecule has 1 aromatic heterocycles. The lowest BCUT2D eigenvalue weighted by Crippen LogP contribution is -2.54. The van der Waals surface area contributed by atoms with Crippen LogP contribution in [0.2, 0.25) is 0 Å². The van der Waals surface area contributed by atoms with Gasteiger partial charge in [0.05, 0.1) is 12.3 Å². The third-order valence-electron chi connectivity index (χ3n) is 4.60. The number of aromatic nitrogens is 1. The zero-order chi connectivity index (χ0) is 21.8. The van der Waals surface area contributed by atoms with Crippen LogP contribution in [-0.2, 0) is 14.4 Å². The molecule has 2 rings (SSSR count). The minimum atomic E-state index is -1.13. The molecule has 0 aliphatic heterocycles. The molecular formula is C21H26FN3O4. The highest BCUT2D eigenvalue weighted by atomic mass is 19.1. The number of benzene rings is 1. The second-order valence-corrected chi connectivity index (χ2v) is 7.90. The standard InChI is InChI=1S/C21H26FN3O4/c1-21(2,3)18(20(29)23-4)24-19(28)16(11-17(26)27)13-9-10-25(12-13)15-7-5-14(22)6-8-15/h5-10,12,16,18H,11H2,1-4H3,(H,23,29)(H,24,28)(H,26,27). The number of amides is 2. The predicted molar refractivity (Wildman–Crippen MR) is 106 cm³/mol. The van der Waals surface area contributed by atoms with E-state index in [1.54, 1.807) is 35.2 Å². The summed E-state index contributed by atoms with van der Waals surface area (Å²) in [6.45, 7) is 5.43. The molecule has 0 aliphatic carbocycles. The van der Waals surface area contributed by atoms with E-state index in [-0.39, 0.29) is 11.7 Å². The third kappa shape index (κ3) is 5.66. The van der Waals surface area contributed by atoms with Crippen molar-refractivity contribution < 1.29 is 23.9 Å². The van der Waals surface area contributed by atoms with Gasteiger partial charge in [-0.3, -0.25) is 14.4 Å². The van der Waals surface area contributed by atoms with Gasteiger partial charge in [0.1, 0.15) is 11.9 Å². The second-order valence-electron chi connectivity index (χ2n) is 7.90. The van der Waals surface area contributed by atoms with Crippen molar-refractivity contribution >= 4 is 17.8 Å². The Labute approximate surface area is 168 Å². The van der Waals surface area contributed by atoms with Crippen LogP contribution < -0.4 is 10.6 Å². The van der Waals surface area contributed by atoms with Crippen LogP contribution in [0.1, 0.15) is 38.7 Å². The molecule has 7 nitrogen and oxygen atoms in total. The van der Waals surface area contributed by atoms with Crippen molar-refractivity contribution in [3.63, 3.8) is 0 Å². The minimum Gasteiger partial charge on any atom is -0.481 e. The molecule has 0 radical (unpaired) electrons. The lowest BCUT2D eigenvalue weighted by molar-refractivity contribution is -0.140. The summed E-state index contributed by atoms with van der Waals surface area (Å²) in [5.74, 6) is -3.39. The first-order valence-corrected chi connectivity index (χ1v) is 9.20. The highest BCUT2D eigenvalue weighted by Crippen LogP contribution is 2.25. The number of hydrogen-bond acceptors (Lipinski definition) is 3. The molecule has 0 bridgehead atoms. The van der Waals surface area contributed by atoms with Crippen molar-refractivity contribution in [1.29, 1.82) is 0 Å². The molecule has 0 saturated carbocycles. The highest BCUT2D eigenvalue weighted by Gasteiger charge is 2.35. The number of nitrogens with one attached hydrogen (secondary N) is 2. The summed E-state index contributed by atoms with van der Waals surface area (Å²) < 4.78 is 14.8. The number of carboxylic acids is 1. The molecule has 0 aliphatic rings. The number of aliphatic carboxylic acids is 1. The lowest BCUT2D eigenvalue weighted by Gasteiger charge is -2.31. The first-order valence-electron chi connectivity index (χ1n) is 9.20. The average Bonchev–Trinajstić information content (AvgIpc) is 3.12. The van der Waals surface area contributed by atoms with Crippen molar-refractivity contribution in [3.8, 4) is 5.69 Å². The Hall–Kier alpha value is -3.16. The van der Waals surface area contributed by atoms with Gasteiger partial charge >= 0.3 is 5.97 Å². The van der Waals surface area contributed by atoms with E-state index < -0.39 is 35.7 Å². The molecule has 2 atom stereocenters. The summed E-state index contributed by atoms with van der Waals surface area (Å²) in [6, 6.07) is 6.60. The zero-order valence-electron chi connectivity index (χ0n) is 16.9. The Bertz CT molecular complexity index is 884. The second kappa shape index (κ2) is 8.89. The molecule has 2 unspecified atom stereocenters. The molecule has 8 heteroatoms. The minimum absolute atomic E-state index is 0.358. The van der Waals surface area contributed by atoms with Crippen LogP contribution in [0, 0.1) is 11.2 Å². The van der Waals surface area contributed by atoms with Gasteiger partial charge in [0.15, 0.2) is 0 Å². The molecule has 1 aromatic carbocycles. The van der Waals surface area contributed by atoms with Gasteiger partial charge in [0.25, 0.3) is 0 Å². The van der Waals surface area contributed by atoms with E-state index in [2.05, 4.69) is 10.6 Å². The van der Waals surface area contributed by atoms with Crippen LogP contribution in [0.15, 0.2) is 42.7 Å². The quantitative estimate of drug-likeness (QED) is 0.661. The van der Waals surface area contributed by atoms with E-state index in [0.717, 1.165) is 0 Å². The summed E-state index contributed by atoms with van der Waals surface area (Å²) in [5, 5.41) is 14.5. The fourth-order valence-electron chi connectivity index (χ4n) is 2.99. The van der Waals surface area contributed by atoms with Gasteiger partial charge in [0, 0.05) is 25.1 Å². The third-order valence-corrected chi connectivity index (χ3v) is 4.60. The van der Waals surface area contributed by atoms with E-state index in [1.807, 2.05) is 20.8 Å². The van der Waals surface area contributed by atoms with E-state index >= 15 is 0 Å². The van der Waals surface area contributed by atoms with Gasteiger partial charge < -0.3 is 20.3 Å². The average molecular weight is 403 g/mol. The molecule has 156 valence electrons. The van der Waals surface area contributed by atoms with Crippen LogP contribution in [0.5, 0.6) is 0 Å². The normalized spacial score (nSPS) is 13.4. The summed E-state index contributed by atoms with van der Waals surface area (Å²) in [4.78, 5) is 36.5. The fraction of sp³-hybridized carbons (Fsp3) is 0.381. The molecule has 0 fully saturated rings.